The number of halogens is 2. The summed E-state index contributed by atoms with van der Waals surface area (Å²) in [4.78, 5) is 22.6. The van der Waals surface area contributed by atoms with Gasteiger partial charge in [0.2, 0.25) is 5.95 Å². The van der Waals surface area contributed by atoms with Gasteiger partial charge in [-0.2, -0.15) is 0 Å². The predicted molar refractivity (Wildman–Crippen MR) is 157 cm³/mol. The maximum Gasteiger partial charge on any atom is 0.229 e. The molecule has 41 heavy (non-hydrogen) atoms. The Balaban J connectivity index is 1.26. The van der Waals surface area contributed by atoms with Crippen molar-refractivity contribution in [3.63, 3.8) is 0 Å². The zero-order valence-electron chi connectivity index (χ0n) is 24.3. The number of rotatable bonds is 7. The van der Waals surface area contributed by atoms with Crippen LogP contribution in [0, 0.1) is 24.5 Å². The van der Waals surface area contributed by atoms with Gasteiger partial charge < -0.3 is 14.8 Å². The van der Waals surface area contributed by atoms with Crippen molar-refractivity contribution in [2.75, 3.05) is 39.0 Å². The standard InChI is InChI=1S/C31H38F2N8/c1-19-5-8-23(9-6-19)41-20(2)35-30-24(32)15-22(16-27(30)41)29-25(33)17-34-31(38-29)37-28-10-7-21-18-40(14-13-39(3)4)12-11-26(21)36-28/h7,10,15-17,19,23H,5-6,8-9,11-14,18H2,1-4H3,(H,34,36,37,38)/t19-,23-. The van der Waals surface area contributed by atoms with Crippen LogP contribution >= 0.6 is 0 Å². The maximum absolute atomic E-state index is 15.3. The number of hydrogen-bond acceptors (Lipinski definition) is 7. The molecule has 2 aliphatic rings. The second kappa shape index (κ2) is 11.4. The van der Waals surface area contributed by atoms with E-state index in [0.29, 0.717) is 28.3 Å². The molecule has 0 atom stereocenters. The van der Waals surface area contributed by atoms with Crippen molar-refractivity contribution in [2.45, 2.75) is 58.5 Å². The second-order valence-corrected chi connectivity index (χ2v) is 11.9. The quantitative estimate of drug-likeness (QED) is 0.302. The van der Waals surface area contributed by atoms with Crippen molar-refractivity contribution >= 4 is 22.8 Å². The Bertz CT molecular complexity index is 1560. The van der Waals surface area contributed by atoms with E-state index in [9.17, 15) is 0 Å². The minimum absolute atomic E-state index is 0.0421. The highest BCUT2D eigenvalue weighted by atomic mass is 19.1. The first-order valence-corrected chi connectivity index (χ1v) is 14.6. The summed E-state index contributed by atoms with van der Waals surface area (Å²) in [6.45, 7) is 8.06. The number of anilines is 2. The molecule has 1 aliphatic carbocycles. The van der Waals surface area contributed by atoms with Crippen LogP contribution in [0.25, 0.3) is 22.3 Å². The fourth-order valence-corrected chi connectivity index (χ4v) is 6.19. The monoisotopic (exact) mass is 560 g/mol. The third-order valence-corrected chi connectivity index (χ3v) is 8.52. The van der Waals surface area contributed by atoms with E-state index in [1.165, 1.54) is 11.6 Å². The zero-order chi connectivity index (χ0) is 28.7. The molecule has 3 aromatic heterocycles. The molecule has 0 saturated heterocycles. The van der Waals surface area contributed by atoms with Crippen LogP contribution in [0.5, 0.6) is 0 Å². The van der Waals surface area contributed by atoms with Crippen LogP contribution in [0.15, 0.2) is 30.5 Å². The van der Waals surface area contributed by atoms with Crippen LogP contribution in [-0.2, 0) is 13.0 Å². The summed E-state index contributed by atoms with van der Waals surface area (Å²) in [7, 11) is 4.17. The largest absolute Gasteiger partial charge is 0.325 e. The number of aromatic nitrogens is 5. The highest BCUT2D eigenvalue weighted by Crippen LogP contribution is 2.37. The molecule has 0 amide bonds. The van der Waals surface area contributed by atoms with Gasteiger partial charge in [-0.1, -0.05) is 13.0 Å². The molecule has 1 N–H and O–H groups in total. The molecule has 4 heterocycles. The minimum atomic E-state index is -0.611. The zero-order valence-corrected chi connectivity index (χ0v) is 24.3. The Morgan fingerprint density at radius 1 is 1.02 bits per heavy atom. The molecule has 6 rings (SSSR count). The Labute approximate surface area is 239 Å². The number of hydrogen-bond donors (Lipinski definition) is 1. The number of fused-ring (bicyclic) bond motifs is 2. The lowest BCUT2D eigenvalue weighted by Gasteiger charge is -2.29. The summed E-state index contributed by atoms with van der Waals surface area (Å²) in [5.74, 6) is 1.20. The highest BCUT2D eigenvalue weighted by Gasteiger charge is 2.25. The highest BCUT2D eigenvalue weighted by molar-refractivity contribution is 5.83. The van der Waals surface area contributed by atoms with Crippen LogP contribution in [0.3, 0.4) is 0 Å². The van der Waals surface area contributed by atoms with Gasteiger partial charge in [-0.25, -0.2) is 28.7 Å². The summed E-state index contributed by atoms with van der Waals surface area (Å²) in [5.41, 5.74) is 3.66. The van der Waals surface area contributed by atoms with E-state index in [4.69, 9.17) is 4.98 Å². The molecular weight excluding hydrogens is 522 g/mol. The number of aryl methyl sites for hydroxylation is 1. The molecule has 216 valence electrons. The van der Waals surface area contributed by atoms with Gasteiger partial charge >= 0.3 is 0 Å². The van der Waals surface area contributed by atoms with Gasteiger partial charge in [0.25, 0.3) is 0 Å². The van der Waals surface area contributed by atoms with E-state index in [2.05, 4.69) is 61.7 Å². The summed E-state index contributed by atoms with van der Waals surface area (Å²) >= 11 is 0. The molecule has 0 radical (unpaired) electrons. The van der Waals surface area contributed by atoms with E-state index < -0.39 is 11.6 Å². The first-order valence-electron chi connectivity index (χ1n) is 14.6. The van der Waals surface area contributed by atoms with Crippen molar-refractivity contribution < 1.29 is 8.78 Å². The molecule has 4 aromatic rings. The normalized spacial score (nSPS) is 19.6. The molecule has 1 aromatic carbocycles. The van der Waals surface area contributed by atoms with Gasteiger partial charge in [0, 0.05) is 49.9 Å². The fraction of sp³-hybridized carbons (Fsp3) is 0.484. The van der Waals surface area contributed by atoms with Crippen molar-refractivity contribution in [1.82, 2.24) is 34.3 Å². The Hall–Kier alpha value is -3.50. The fourth-order valence-electron chi connectivity index (χ4n) is 6.19. The molecule has 1 saturated carbocycles. The molecule has 8 nitrogen and oxygen atoms in total. The van der Waals surface area contributed by atoms with E-state index in [-0.39, 0.29) is 17.7 Å². The number of imidazole rings is 1. The minimum Gasteiger partial charge on any atom is -0.325 e. The summed E-state index contributed by atoms with van der Waals surface area (Å²) in [5, 5.41) is 3.13. The van der Waals surface area contributed by atoms with Crippen molar-refractivity contribution in [3.8, 4) is 11.3 Å². The average molecular weight is 561 g/mol. The lowest BCUT2D eigenvalue weighted by molar-refractivity contribution is 0.224. The smallest absolute Gasteiger partial charge is 0.229 e. The lowest BCUT2D eigenvalue weighted by atomic mass is 9.87. The van der Waals surface area contributed by atoms with Crippen molar-refractivity contribution in [3.05, 3.63) is 59.2 Å². The number of pyridine rings is 1. The number of likely N-dealkylation sites (N-methyl/N-ethyl adjacent to an activating group) is 1. The second-order valence-electron chi connectivity index (χ2n) is 11.9. The third-order valence-electron chi connectivity index (χ3n) is 8.52. The van der Waals surface area contributed by atoms with Gasteiger partial charge in [-0.05, 0) is 76.4 Å². The SMILES string of the molecule is Cc1nc2c(F)cc(-c3nc(Nc4ccc5c(n4)CCN(CCN(C)C)C5)ncc3F)cc2n1[C@H]1CC[C@H](C)CC1. The van der Waals surface area contributed by atoms with Gasteiger partial charge in [0.15, 0.2) is 11.6 Å². The van der Waals surface area contributed by atoms with Crippen LogP contribution in [0.2, 0.25) is 0 Å². The Kier molecular flexibility index (Phi) is 7.70. The van der Waals surface area contributed by atoms with Gasteiger partial charge in [-0.15, -0.1) is 0 Å². The van der Waals surface area contributed by atoms with Gasteiger partial charge in [-0.3, -0.25) is 4.90 Å². The maximum atomic E-state index is 15.3. The van der Waals surface area contributed by atoms with E-state index >= 15 is 8.78 Å². The van der Waals surface area contributed by atoms with E-state index in [1.807, 2.05) is 19.1 Å². The molecule has 1 aliphatic heterocycles. The summed E-state index contributed by atoms with van der Waals surface area (Å²) < 4.78 is 32.5. The van der Waals surface area contributed by atoms with Crippen molar-refractivity contribution in [1.29, 1.82) is 0 Å². The van der Waals surface area contributed by atoms with Crippen LogP contribution in [0.1, 0.15) is 55.7 Å². The van der Waals surface area contributed by atoms with E-state index in [0.717, 1.165) is 76.0 Å². The molecular formula is C31H38F2N8. The van der Waals surface area contributed by atoms with Crippen LogP contribution < -0.4 is 5.32 Å². The molecule has 0 bridgehead atoms. The number of benzene rings is 1. The van der Waals surface area contributed by atoms with Crippen molar-refractivity contribution in [2.24, 2.45) is 5.92 Å². The van der Waals surface area contributed by atoms with Gasteiger partial charge in [0.1, 0.15) is 22.9 Å². The number of nitrogens with zero attached hydrogens (tertiary/aromatic N) is 7. The predicted octanol–water partition coefficient (Wildman–Crippen LogP) is 5.89. The first kappa shape index (κ1) is 27.7. The number of nitrogens with one attached hydrogen (secondary N) is 1. The Morgan fingerprint density at radius 2 is 1.83 bits per heavy atom. The summed E-state index contributed by atoms with van der Waals surface area (Å²) in [6, 6.07) is 7.36. The topological polar surface area (TPSA) is 75.0 Å². The van der Waals surface area contributed by atoms with Crippen LogP contribution in [-0.4, -0.2) is 68.0 Å². The molecule has 0 unspecified atom stereocenters. The average Bonchev–Trinajstić information content (AvgIpc) is 3.29. The first-order chi connectivity index (χ1) is 19.7. The van der Waals surface area contributed by atoms with E-state index in [1.54, 1.807) is 0 Å². The molecule has 0 spiro atoms. The molecule has 1 fully saturated rings. The van der Waals surface area contributed by atoms with Crippen LogP contribution in [0.4, 0.5) is 20.5 Å². The Morgan fingerprint density at radius 3 is 2.61 bits per heavy atom. The molecule has 10 heteroatoms. The van der Waals surface area contributed by atoms with Gasteiger partial charge in [0.05, 0.1) is 11.7 Å². The third kappa shape index (κ3) is 5.81. The lowest BCUT2D eigenvalue weighted by Crippen LogP contribution is -2.36. The summed E-state index contributed by atoms with van der Waals surface area (Å²) in [6.07, 6.45) is 6.30.